The highest BCUT2D eigenvalue weighted by Crippen LogP contribution is 2.37. The number of rotatable bonds is 5. The fourth-order valence-corrected chi connectivity index (χ4v) is 4.86. The molecule has 0 aliphatic carbocycles. The molecule has 0 aliphatic rings. The molecule has 0 fully saturated rings. The van der Waals surface area contributed by atoms with Gasteiger partial charge in [0.1, 0.15) is 16.5 Å². The second-order valence-corrected chi connectivity index (χ2v) is 8.31. The number of thiazole rings is 1. The first kappa shape index (κ1) is 18.7. The number of para-hydroxylation sites is 1. The Balaban J connectivity index is 1.59. The number of halogens is 1. The molecule has 0 atom stereocenters. The van der Waals surface area contributed by atoms with Gasteiger partial charge in [0.05, 0.1) is 44.9 Å². The average Bonchev–Trinajstić information content (AvgIpc) is 3.35. The van der Waals surface area contributed by atoms with Crippen LogP contribution in [-0.4, -0.2) is 25.1 Å². The van der Waals surface area contributed by atoms with Gasteiger partial charge in [-0.25, -0.2) is 4.98 Å². The Morgan fingerprint density at radius 3 is 2.57 bits per heavy atom. The molecule has 0 radical (unpaired) electrons. The Hall–Kier alpha value is -2.61. The lowest BCUT2D eigenvalue weighted by molar-refractivity contribution is 0.103. The molecule has 1 amide bonds. The highest BCUT2D eigenvalue weighted by atomic mass is 35.5. The Labute approximate surface area is 174 Å². The first-order valence-corrected chi connectivity index (χ1v) is 10.3. The van der Waals surface area contributed by atoms with E-state index in [1.807, 2.05) is 30.3 Å². The van der Waals surface area contributed by atoms with Crippen LogP contribution in [0.5, 0.6) is 11.5 Å². The summed E-state index contributed by atoms with van der Waals surface area (Å²) in [5, 5.41) is 4.14. The number of hydrogen-bond donors (Lipinski definition) is 1. The van der Waals surface area contributed by atoms with Crippen LogP contribution in [0.2, 0.25) is 5.02 Å². The maximum absolute atomic E-state index is 12.7. The zero-order valence-electron chi connectivity index (χ0n) is 15.0. The molecule has 5 nitrogen and oxygen atoms in total. The minimum atomic E-state index is -0.239. The molecule has 0 saturated heterocycles. The third kappa shape index (κ3) is 3.56. The van der Waals surface area contributed by atoms with Crippen LogP contribution in [0.4, 0.5) is 5.69 Å². The number of amides is 1. The van der Waals surface area contributed by atoms with Crippen LogP contribution in [0.15, 0.2) is 48.5 Å². The summed E-state index contributed by atoms with van der Waals surface area (Å²) in [5.41, 5.74) is 1.44. The van der Waals surface area contributed by atoms with Crippen molar-refractivity contribution >= 4 is 56.1 Å². The van der Waals surface area contributed by atoms with E-state index in [1.54, 1.807) is 29.5 Å². The van der Waals surface area contributed by atoms with E-state index in [4.69, 9.17) is 21.1 Å². The van der Waals surface area contributed by atoms with E-state index in [1.165, 1.54) is 25.6 Å². The van der Waals surface area contributed by atoms with Crippen LogP contribution < -0.4 is 14.8 Å². The fourth-order valence-electron chi connectivity index (χ4n) is 2.69. The zero-order chi connectivity index (χ0) is 19.7. The van der Waals surface area contributed by atoms with Gasteiger partial charge in [-0.3, -0.25) is 4.79 Å². The van der Waals surface area contributed by atoms with Crippen molar-refractivity contribution in [1.82, 2.24) is 4.98 Å². The zero-order valence-corrected chi connectivity index (χ0v) is 17.4. The number of carbonyl (C=O) groups is 1. The van der Waals surface area contributed by atoms with Crippen LogP contribution in [0.1, 0.15) is 9.67 Å². The lowest BCUT2D eigenvalue weighted by atomic mass is 10.2. The molecule has 2 aromatic carbocycles. The second-order valence-electron chi connectivity index (χ2n) is 5.79. The van der Waals surface area contributed by atoms with Gasteiger partial charge in [-0.05, 0) is 30.3 Å². The minimum absolute atomic E-state index is 0.239. The number of aromatic nitrogens is 1. The van der Waals surface area contributed by atoms with Crippen molar-refractivity contribution in [2.45, 2.75) is 0 Å². The molecule has 4 aromatic rings. The van der Waals surface area contributed by atoms with E-state index in [-0.39, 0.29) is 5.91 Å². The second kappa shape index (κ2) is 7.79. The van der Waals surface area contributed by atoms with Gasteiger partial charge in [0, 0.05) is 6.07 Å². The van der Waals surface area contributed by atoms with Gasteiger partial charge in [-0.1, -0.05) is 23.7 Å². The fraction of sp³-hybridized carbons (Fsp3) is 0.100. The van der Waals surface area contributed by atoms with Crippen molar-refractivity contribution in [2.75, 3.05) is 19.5 Å². The Morgan fingerprint density at radius 2 is 1.82 bits per heavy atom. The monoisotopic (exact) mass is 430 g/mol. The van der Waals surface area contributed by atoms with Gasteiger partial charge in [0.2, 0.25) is 0 Å². The first-order chi connectivity index (χ1) is 13.6. The molecule has 0 aliphatic heterocycles. The smallest absolute Gasteiger partial charge is 0.265 e. The molecule has 0 spiro atoms. The summed E-state index contributed by atoms with van der Waals surface area (Å²) in [7, 11) is 3.04. The number of ether oxygens (including phenoxy) is 2. The predicted octanol–water partition coefficient (Wildman–Crippen LogP) is 5.95. The lowest BCUT2D eigenvalue weighted by Gasteiger charge is -2.12. The summed E-state index contributed by atoms with van der Waals surface area (Å²) in [6.45, 7) is 0. The molecule has 28 heavy (non-hydrogen) atoms. The molecule has 0 unspecified atom stereocenters. The number of nitrogens with one attached hydrogen (secondary N) is 1. The van der Waals surface area contributed by atoms with E-state index in [2.05, 4.69) is 10.3 Å². The molecule has 1 N–H and O–H groups in total. The lowest BCUT2D eigenvalue weighted by Crippen LogP contribution is -2.11. The third-order valence-electron chi connectivity index (χ3n) is 4.06. The van der Waals surface area contributed by atoms with Crippen LogP contribution in [0.3, 0.4) is 0 Å². The summed E-state index contributed by atoms with van der Waals surface area (Å²) in [5.74, 6) is 0.709. The van der Waals surface area contributed by atoms with Crippen LogP contribution in [0, 0.1) is 0 Å². The van der Waals surface area contributed by atoms with Crippen molar-refractivity contribution in [2.24, 2.45) is 0 Å². The number of nitrogens with zero attached hydrogens (tertiary/aromatic N) is 1. The molecular weight excluding hydrogens is 416 g/mol. The molecule has 2 aromatic heterocycles. The van der Waals surface area contributed by atoms with Crippen LogP contribution in [-0.2, 0) is 0 Å². The number of anilines is 1. The standard InChI is InChI=1S/C20H15ClN2O3S2/c1-25-14-10-15(26-2)13(9-11(14)21)22-19(24)17-7-8-18(27-17)20-23-12-5-3-4-6-16(12)28-20/h3-10H,1-2H3,(H,22,24). The summed E-state index contributed by atoms with van der Waals surface area (Å²) in [6, 6.07) is 14.9. The van der Waals surface area contributed by atoms with Crippen molar-refractivity contribution < 1.29 is 14.3 Å². The Bertz CT molecular complexity index is 1140. The van der Waals surface area contributed by atoms with Gasteiger partial charge in [-0.15, -0.1) is 22.7 Å². The van der Waals surface area contributed by atoms with Gasteiger partial charge >= 0.3 is 0 Å². The molecular formula is C20H15ClN2O3S2. The van der Waals surface area contributed by atoms with Crippen molar-refractivity contribution in [1.29, 1.82) is 0 Å². The summed E-state index contributed by atoms with van der Waals surface area (Å²) >= 11 is 9.17. The van der Waals surface area contributed by atoms with E-state index >= 15 is 0 Å². The third-order valence-corrected chi connectivity index (χ3v) is 6.64. The quantitative estimate of drug-likeness (QED) is 0.425. The molecule has 4 rings (SSSR count). The maximum Gasteiger partial charge on any atom is 0.265 e. The predicted molar refractivity (Wildman–Crippen MR) is 115 cm³/mol. The minimum Gasteiger partial charge on any atom is -0.495 e. The van der Waals surface area contributed by atoms with E-state index < -0.39 is 0 Å². The molecule has 8 heteroatoms. The Kier molecular flexibility index (Phi) is 5.21. The highest BCUT2D eigenvalue weighted by Gasteiger charge is 2.16. The normalized spacial score (nSPS) is 10.8. The largest absolute Gasteiger partial charge is 0.495 e. The van der Waals surface area contributed by atoms with Gasteiger partial charge in [-0.2, -0.15) is 0 Å². The first-order valence-electron chi connectivity index (χ1n) is 8.27. The van der Waals surface area contributed by atoms with Gasteiger partial charge in [0.25, 0.3) is 5.91 Å². The molecule has 2 heterocycles. The summed E-state index contributed by atoms with van der Waals surface area (Å²) in [6.07, 6.45) is 0. The number of fused-ring (bicyclic) bond motifs is 1. The van der Waals surface area contributed by atoms with Gasteiger partial charge < -0.3 is 14.8 Å². The van der Waals surface area contributed by atoms with Gasteiger partial charge in [0.15, 0.2) is 0 Å². The molecule has 142 valence electrons. The average molecular weight is 431 g/mol. The number of methoxy groups -OCH3 is 2. The van der Waals surface area contributed by atoms with Crippen molar-refractivity contribution in [3.05, 3.63) is 58.4 Å². The van der Waals surface area contributed by atoms with E-state index in [9.17, 15) is 4.79 Å². The van der Waals surface area contributed by atoms with Crippen molar-refractivity contribution in [3.8, 4) is 21.4 Å². The van der Waals surface area contributed by atoms with Crippen molar-refractivity contribution in [3.63, 3.8) is 0 Å². The number of hydrogen-bond acceptors (Lipinski definition) is 6. The Morgan fingerprint density at radius 1 is 1.04 bits per heavy atom. The molecule has 0 saturated carbocycles. The topological polar surface area (TPSA) is 60.5 Å². The van der Waals surface area contributed by atoms with Crippen LogP contribution >= 0.6 is 34.3 Å². The molecule has 0 bridgehead atoms. The number of carbonyl (C=O) groups excluding carboxylic acids is 1. The summed E-state index contributed by atoms with van der Waals surface area (Å²) < 4.78 is 11.6. The highest BCUT2D eigenvalue weighted by molar-refractivity contribution is 7.26. The maximum atomic E-state index is 12.7. The SMILES string of the molecule is COc1cc(OC)c(NC(=O)c2ccc(-c3nc4ccccc4s3)s2)cc1Cl. The number of thiophene rings is 1. The summed E-state index contributed by atoms with van der Waals surface area (Å²) in [4.78, 5) is 18.9. The number of benzene rings is 2. The van der Waals surface area contributed by atoms with E-state index in [0.717, 1.165) is 20.1 Å². The van der Waals surface area contributed by atoms with Crippen LogP contribution in [0.25, 0.3) is 20.1 Å². The van der Waals surface area contributed by atoms with E-state index in [0.29, 0.717) is 27.1 Å².